The summed E-state index contributed by atoms with van der Waals surface area (Å²) in [6.45, 7) is 2.26. The lowest BCUT2D eigenvalue weighted by Crippen LogP contribution is -2.42. The summed E-state index contributed by atoms with van der Waals surface area (Å²) >= 11 is 0. The molecule has 2 bridgehead atoms. The molecule has 0 spiro atoms. The molecule has 0 saturated heterocycles. The normalized spacial score (nSPS) is 37.7. The van der Waals surface area contributed by atoms with Gasteiger partial charge in [-0.15, -0.1) is 0 Å². The summed E-state index contributed by atoms with van der Waals surface area (Å²) < 4.78 is 0. The highest BCUT2D eigenvalue weighted by atomic mass is 15.2. The van der Waals surface area contributed by atoms with Gasteiger partial charge in [0, 0.05) is 6.04 Å². The summed E-state index contributed by atoms with van der Waals surface area (Å²) in [6.07, 6.45) is 9.80. The van der Waals surface area contributed by atoms with Crippen LogP contribution in [0.4, 0.5) is 0 Å². The largest absolute Gasteiger partial charge is 0.271 e. The van der Waals surface area contributed by atoms with Crippen molar-refractivity contribution in [1.29, 1.82) is 0 Å². The van der Waals surface area contributed by atoms with Gasteiger partial charge in [0.05, 0.1) is 0 Å². The van der Waals surface area contributed by atoms with Crippen molar-refractivity contribution in [3.63, 3.8) is 0 Å². The van der Waals surface area contributed by atoms with Crippen molar-refractivity contribution in [2.24, 2.45) is 23.6 Å². The van der Waals surface area contributed by atoms with E-state index >= 15 is 0 Å². The maximum Gasteiger partial charge on any atom is 0.0241 e. The molecular weight excluding hydrogens is 172 g/mol. The molecule has 0 aromatic carbocycles. The second-order valence-corrected chi connectivity index (χ2v) is 5.25. The third-order valence-electron chi connectivity index (χ3n) is 4.39. The Bertz CT molecular complexity index is 181. The topological polar surface area (TPSA) is 38.0 Å². The minimum atomic E-state index is 0.602. The lowest BCUT2D eigenvalue weighted by Gasteiger charge is -2.30. The third-order valence-corrected chi connectivity index (χ3v) is 4.39. The number of unbranched alkanes of at least 4 members (excludes halogenated alkanes) is 1. The van der Waals surface area contributed by atoms with E-state index in [0.29, 0.717) is 6.04 Å². The number of hydrogen-bond donors (Lipinski definition) is 2. The predicted molar refractivity (Wildman–Crippen MR) is 59.6 cm³/mol. The van der Waals surface area contributed by atoms with Gasteiger partial charge in [-0.3, -0.25) is 11.3 Å². The summed E-state index contributed by atoms with van der Waals surface area (Å²) in [5, 5.41) is 0. The van der Waals surface area contributed by atoms with Gasteiger partial charge in [-0.2, -0.15) is 0 Å². The Morgan fingerprint density at radius 3 is 2.71 bits per heavy atom. The van der Waals surface area contributed by atoms with Gasteiger partial charge in [0.1, 0.15) is 0 Å². The molecule has 2 aliphatic carbocycles. The van der Waals surface area contributed by atoms with Crippen LogP contribution in [0.1, 0.15) is 51.9 Å². The monoisotopic (exact) mass is 196 g/mol. The Hall–Kier alpha value is -0.0800. The van der Waals surface area contributed by atoms with Crippen molar-refractivity contribution in [2.45, 2.75) is 57.9 Å². The molecule has 0 aromatic rings. The minimum Gasteiger partial charge on any atom is -0.271 e. The molecule has 82 valence electrons. The van der Waals surface area contributed by atoms with Crippen molar-refractivity contribution in [3.8, 4) is 0 Å². The van der Waals surface area contributed by atoms with Gasteiger partial charge in [-0.1, -0.05) is 26.2 Å². The van der Waals surface area contributed by atoms with Crippen LogP contribution in [0.25, 0.3) is 0 Å². The van der Waals surface area contributed by atoms with Crippen LogP contribution >= 0.6 is 0 Å². The molecule has 0 radical (unpaired) electrons. The first-order chi connectivity index (χ1) is 6.85. The number of hydrogen-bond acceptors (Lipinski definition) is 2. The molecule has 4 atom stereocenters. The van der Waals surface area contributed by atoms with Crippen LogP contribution in [0.15, 0.2) is 0 Å². The molecule has 0 aliphatic heterocycles. The Labute approximate surface area is 87.6 Å². The van der Waals surface area contributed by atoms with E-state index in [9.17, 15) is 0 Å². The molecule has 2 heteroatoms. The summed E-state index contributed by atoms with van der Waals surface area (Å²) in [5.74, 6) is 8.61. The lowest BCUT2D eigenvalue weighted by molar-refractivity contribution is 0.237. The number of nitrogens with one attached hydrogen (secondary N) is 1. The molecule has 2 rings (SSSR count). The number of hydrazine groups is 1. The zero-order valence-electron chi connectivity index (χ0n) is 9.34. The first kappa shape index (κ1) is 10.4. The van der Waals surface area contributed by atoms with Crippen LogP contribution in [0.3, 0.4) is 0 Å². The van der Waals surface area contributed by atoms with Crippen molar-refractivity contribution in [2.75, 3.05) is 0 Å². The average molecular weight is 196 g/mol. The Morgan fingerprint density at radius 2 is 2.21 bits per heavy atom. The van der Waals surface area contributed by atoms with Crippen molar-refractivity contribution < 1.29 is 0 Å². The fraction of sp³-hybridized carbons (Fsp3) is 1.00. The van der Waals surface area contributed by atoms with Gasteiger partial charge >= 0.3 is 0 Å². The van der Waals surface area contributed by atoms with Crippen LogP contribution in [-0.4, -0.2) is 6.04 Å². The van der Waals surface area contributed by atoms with E-state index in [1.165, 1.54) is 44.9 Å². The fourth-order valence-electron chi connectivity index (χ4n) is 3.63. The SMILES string of the molecule is CCCCC(NN)C1CC2CCC1C2. The van der Waals surface area contributed by atoms with E-state index in [-0.39, 0.29) is 0 Å². The summed E-state index contributed by atoms with van der Waals surface area (Å²) in [6, 6.07) is 0.602. The minimum absolute atomic E-state index is 0.602. The number of fused-ring (bicyclic) bond motifs is 2. The standard InChI is InChI=1S/C12H24N2/c1-2-3-4-12(14-13)11-8-9-5-6-10(11)7-9/h9-12,14H,2-8,13H2,1H3. The molecule has 0 aromatic heterocycles. The van der Waals surface area contributed by atoms with Crippen molar-refractivity contribution in [1.82, 2.24) is 5.43 Å². The van der Waals surface area contributed by atoms with Crippen molar-refractivity contribution >= 4 is 0 Å². The van der Waals surface area contributed by atoms with Gasteiger partial charge in [0.15, 0.2) is 0 Å². The van der Waals surface area contributed by atoms with Crippen LogP contribution in [-0.2, 0) is 0 Å². The smallest absolute Gasteiger partial charge is 0.0241 e. The molecule has 2 nitrogen and oxygen atoms in total. The molecule has 2 aliphatic rings. The van der Waals surface area contributed by atoms with E-state index < -0.39 is 0 Å². The van der Waals surface area contributed by atoms with E-state index in [2.05, 4.69) is 12.3 Å². The fourth-order valence-corrected chi connectivity index (χ4v) is 3.63. The Balaban J connectivity index is 1.85. The maximum absolute atomic E-state index is 5.68. The van der Waals surface area contributed by atoms with E-state index in [1.54, 1.807) is 0 Å². The van der Waals surface area contributed by atoms with Crippen molar-refractivity contribution in [3.05, 3.63) is 0 Å². The Morgan fingerprint density at radius 1 is 1.36 bits per heavy atom. The molecule has 4 unspecified atom stereocenters. The van der Waals surface area contributed by atoms with E-state index in [1.807, 2.05) is 0 Å². The lowest BCUT2D eigenvalue weighted by atomic mass is 9.82. The molecule has 3 N–H and O–H groups in total. The highest BCUT2D eigenvalue weighted by molar-refractivity contribution is 4.94. The first-order valence-electron chi connectivity index (χ1n) is 6.31. The van der Waals surface area contributed by atoms with Crippen LogP contribution in [0.2, 0.25) is 0 Å². The third kappa shape index (κ3) is 1.96. The second-order valence-electron chi connectivity index (χ2n) is 5.25. The molecule has 2 saturated carbocycles. The summed E-state index contributed by atoms with van der Waals surface area (Å²) in [5.41, 5.74) is 3.06. The Kier molecular flexibility index (Phi) is 3.45. The van der Waals surface area contributed by atoms with Gasteiger partial charge in [-0.05, 0) is 43.4 Å². The summed E-state index contributed by atoms with van der Waals surface area (Å²) in [4.78, 5) is 0. The van der Waals surface area contributed by atoms with Crippen LogP contribution in [0.5, 0.6) is 0 Å². The van der Waals surface area contributed by atoms with Crippen LogP contribution in [0, 0.1) is 17.8 Å². The molecule has 14 heavy (non-hydrogen) atoms. The quantitative estimate of drug-likeness (QED) is 0.523. The van der Waals surface area contributed by atoms with Crippen LogP contribution < -0.4 is 11.3 Å². The van der Waals surface area contributed by atoms with Gasteiger partial charge in [0.2, 0.25) is 0 Å². The van der Waals surface area contributed by atoms with E-state index in [4.69, 9.17) is 5.84 Å². The zero-order chi connectivity index (χ0) is 9.97. The number of nitrogens with two attached hydrogens (primary N) is 1. The first-order valence-corrected chi connectivity index (χ1v) is 6.31. The number of rotatable bonds is 5. The maximum atomic E-state index is 5.68. The summed E-state index contributed by atoms with van der Waals surface area (Å²) in [7, 11) is 0. The molecular formula is C12H24N2. The van der Waals surface area contributed by atoms with Gasteiger partial charge < -0.3 is 0 Å². The average Bonchev–Trinajstić information content (AvgIpc) is 2.80. The molecule has 2 fully saturated rings. The highest BCUT2D eigenvalue weighted by Crippen LogP contribution is 2.49. The predicted octanol–water partition coefficient (Wildman–Crippen LogP) is 2.44. The molecule has 0 amide bonds. The second kappa shape index (κ2) is 4.63. The molecule has 0 heterocycles. The highest BCUT2D eigenvalue weighted by Gasteiger charge is 2.42. The zero-order valence-corrected chi connectivity index (χ0v) is 9.34. The van der Waals surface area contributed by atoms with E-state index in [0.717, 1.165) is 17.8 Å². The van der Waals surface area contributed by atoms with Gasteiger partial charge in [-0.25, -0.2) is 0 Å². The van der Waals surface area contributed by atoms with Gasteiger partial charge in [0.25, 0.3) is 0 Å².